The van der Waals surface area contributed by atoms with Crippen LogP contribution in [0.15, 0.2) is 41.4 Å². The van der Waals surface area contributed by atoms with Crippen molar-refractivity contribution in [3.63, 3.8) is 0 Å². The van der Waals surface area contributed by atoms with Crippen molar-refractivity contribution in [3.05, 3.63) is 47.6 Å². The van der Waals surface area contributed by atoms with Crippen molar-refractivity contribution >= 4 is 17.0 Å². The summed E-state index contributed by atoms with van der Waals surface area (Å²) in [7, 11) is 0. The number of benzene rings is 1. The second-order valence-corrected chi connectivity index (χ2v) is 3.58. The van der Waals surface area contributed by atoms with Crippen molar-refractivity contribution in [1.82, 2.24) is 0 Å². The molecule has 0 aromatic heterocycles. The van der Waals surface area contributed by atoms with Crippen LogP contribution >= 0.6 is 0 Å². The van der Waals surface area contributed by atoms with Crippen LogP contribution in [-0.4, -0.2) is 5.71 Å². The number of allylic oxidation sites excluding steroid dienone is 4. The Hall–Kier alpha value is -2.14. The molecule has 3 rings (SSSR count). The average molecular weight is 193 g/mol. The van der Waals surface area contributed by atoms with E-state index in [-0.39, 0.29) is 1.43 Å². The number of hydrogen-bond acceptors (Lipinski definition) is 2. The Morgan fingerprint density at radius 2 is 2.33 bits per heavy atom. The lowest BCUT2D eigenvalue weighted by atomic mass is 9.96. The maximum Gasteiger partial charge on any atom is 1.00 e. The van der Waals surface area contributed by atoms with Gasteiger partial charge in [-0.3, -0.25) is 4.99 Å². The smallest absolute Gasteiger partial charge is 0.250 e. The highest BCUT2D eigenvalue weighted by Gasteiger charge is 2.22. The van der Waals surface area contributed by atoms with Gasteiger partial charge in [0, 0.05) is 17.6 Å². The Morgan fingerprint density at radius 3 is 3.20 bits per heavy atom. The molecule has 0 unspecified atom stereocenters. The van der Waals surface area contributed by atoms with E-state index in [0.717, 1.165) is 23.4 Å². The van der Waals surface area contributed by atoms with Gasteiger partial charge >= 0.3 is 1.43 Å². The molecule has 0 bridgehead atoms. The van der Waals surface area contributed by atoms with Crippen molar-refractivity contribution in [1.29, 1.82) is 5.26 Å². The molecule has 0 atom stereocenters. The van der Waals surface area contributed by atoms with Crippen molar-refractivity contribution in [2.75, 3.05) is 0 Å². The van der Waals surface area contributed by atoms with Gasteiger partial charge in [-0.25, -0.2) is 0 Å². The van der Waals surface area contributed by atoms with E-state index >= 15 is 0 Å². The fraction of sp³-hybridized carbons (Fsp3) is 0.0769. The number of rotatable bonds is 0. The molecule has 0 amide bonds. The fourth-order valence-electron chi connectivity index (χ4n) is 2.01. The molecule has 1 aliphatic heterocycles. The Morgan fingerprint density at radius 1 is 1.40 bits per heavy atom. The molecular weight excluding hydrogens is 184 g/mol. The van der Waals surface area contributed by atoms with E-state index in [1.165, 1.54) is 5.57 Å². The Kier molecular flexibility index (Phi) is 1.60. The Bertz CT molecular complexity index is 574. The third-order valence-electron chi connectivity index (χ3n) is 2.71. The van der Waals surface area contributed by atoms with E-state index < -0.39 is 0 Å². The highest BCUT2D eigenvalue weighted by molar-refractivity contribution is 6.30. The molecule has 15 heavy (non-hydrogen) atoms. The van der Waals surface area contributed by atoms with Gasteiger partial charge in [-0.2, -0.15) is 5.26 Å². The second kappa shape index (κ2) is 2.93. The zero-order valence-electron chi connectivity index (χ0n) is 9.07. The topological polar surface area (TPSA) is 36.1 Å². The van der Waals surface area contributed by atoms with Crippen LogP contribution < -0.4 is 0 Å². The van der Waals surface area contributed by atoms with Crippen LogP contribution in [0.3, 0.4) is 0 Å². The van der Waals surface area contributed by atoms with Gasteiger partial charge in [0.15, 0.2) is 0 Å². The molecule has 0 N–H and O–H groups in total. The van der Waals surface area contributed by atoms with Crippen molar-refractivity contribution in [3.8, 4) is 6.07 Å². The standard InChI is InChI=1S/C13H8N2/c14-8-9-4-3-6-11-10-5-1-2-7-12(10)15-13(9)11/h1-6H,7H2/p+1. The zero-order valence-corrected chi connectivity index (χ0v) is 8.07. The summed E-state index contributed by atoms with van der Waals surface area (Å²) in [5.41, 5.74) is 4.84. The van der Waals surface area contributed by atoms with E-state index in [0.29, 0.717) is 5.56 Å². The molecule has 1 aromatic rings. The lowest BCUT2D eigenvalue weighted by Gasteiger charge is -2.05. The van der Waals surface area contributed by atoms with Crippen LogP contribution in [0.2, 0.25) is 0 Å². The third kappa shape index (κ3) is 1.07. The first-order valence-electron chi connectivity index (χ1n) is 4.88. The monoisotopic (exact) mass is 193 g/mol. The minimum Gasteiger partial charge on any atom is -0.250 e. The van der Waals surface area contributed by atoms with Gasteiger partial charge in [0.1, 0.15) is 6.07 Å². The third-order valence-corrected chi connectivity index (χ3v) is 2.71. The molecule has 0 saturated heterocycles. The molecule has 2 nitrogen and oxygen atoms in total. The molecule has 70 valence electrons. The SMILES string of the molecule is N#Cc1cccc2c1N=C1CC=CC=C12.[H+]. The first-order chi connectivity index (χ1) is 7.40. The molecule has 0 radical (unpaired) electrons. The molecule has 0 saturated carbocycles. The number of aliphatic imine (C=N–C) groups is 1. The maximum absolute atomic E-state index is 8.98. The minimum absolute atomic E-state index is 0. The quantitative estimate of drug-likeness (QED) is 0.623. The van der Waals surface area contributed by atoms with Crippen LogP contribution in [-0.2, 0) is 0 Å². The van der Waals surface area contributed by atoms with Crippen LogP contribution in [0, 0.1) is 11.3 Å². The number of hydrogen-bond donors (Lipinski definition) is 0. The average Bonchev–Trinajstić information content (AvgIpc) is 2.67. The fourth-order valence-corrected chi connectivity index (χ4v) is 2.01. The van der Waals surface area contributed by atoms with Gasteiger partial charge in [-0.05, 0) is 6.07 Å². The molecule has 2 heteroatoms. The van der Waals surface area contributed by atoms with E-state index in [9.17, 15) is 0 Å². The molecule has 2 aliphatic rings. The summed E-state index contributed by atoms with van der Waals surface area (Å²) in [5, 5.41) is 8.98. The number of fused-ring (bicyclic) bond motifs is 3. The highest BCUT2D eigenvalue weighted by Crippen LogP contribution is 2.39. The van der Waals surface area contributed by atoms with Crippen LogP contribution in [0.25, 0.3) is 5.57 Å². The summed E-state index contributed by atoms with van der Waals surface area (Å²) in [6.45, 7) is 0. The maximum atomic E-state index is 8.98. The number of para-hydroxylation sites is 1. The van der Waals surface area contributed by atoms with E-state index in [1.807, 2.05) is 24.3 Å². The molecular formula is C13H9N2+. The van der Waals surface area contributed by atoms with Crippen molar-refractivity contribution < 1.29 is 1.43 Å². The summed E-state index contributed by atoms with van der Waals surface area (Å²) < 4.78 is 0. The molecule has 1 heterocycles. The lowest BCUT2D eigenvalue weighted by Crippen LogP contribution is -1.97. The largest absolute Gasteiger partial charge is 1.00 e. The van der Waals surface area contributed by atoms with Gasteiger partial charge in [-0.1, -0.05) is 30.4 Å². The summed E-state index contributed by atoms with van der Waals surface area (Å²) in [4.78, 5) is 4.52. The van der Waals surface area contributed by atoms with Crippen LogP contribution in [0.1, 0.15) is 19.0 Å². The summed E-state index contributed by atoms with van der Waals surface area (Å²) >= 11 is 0. The first kappa shape index (κ1) is 8.19. The van der Waals surface area contributed by atoms with Gasteiger partial charge in [0.05, 0.1) is 17.0 Å². The van der Waals surface area contributed by atoms with Crippen LogP contribution in [0.4, 0.5) is 5.69 Å². The zero-order chi connectivity index (χ0) is 10.3. The van der Waals surface area contributed by atoms with E-state index in [2.05, 4.69) is 23.2 Å². The number of nitriles is 1. The summed E-state index contributed by atoms with van der Waals surface area (Å²) in [6.07, 6.45) is 7.06. The normalized spacial score (nSPS) is 16.2. The molecule has 1 aromatic carbocycles. The highest BCUT2D eigenvalue weighted by atomic mass is 14.8. The van der Waals surface area contributed by atoms with Gasteiger partial charge < -0.3 is 0 Å². The molecule has 0 fully saturated rings. The predicted molar refractivity (Wildman–Crippen MR) is 61.1 cm³/mol. The Labute approximate surface area is 89.4 Å². The van der Waals surface area contributed by atoms with Crippen LogP contribution in [0.5, 0.6) is 0 Å². The molecule has 0 spiro atoms. The summed E-state index contributed by atoms with van der Waals surface area (Å²) in [6, 6.07) is 7.93. The van der Waals surface area contributed by atoms with Crippen molar-refractivity contribution in [2.24, 2.45) is 4.99 Å². The molecule has 1 aliphatic carbocycles. The second-order valence-electron chi connectivity index (χ2n) is 3.58. The predicted octanol–water partition coefficient (Wildman–Crippen LogP) is 3.10. The van der Waals surface area contributed by atoms with E-state index in [1.54, 1.807) is 0 Å². The number of nitrogens with zero attached hydrogens (tertiary/aromatic N) is 2. The van der Waals surface area contributed by atoms with Gasteiger partial charge in [0.25, 0.3) is 0 Å². The lowest BCUT2D eigenvalue weighted by molar-refractivity contribution is 1.42. The van der Waals surface area contributed by atoms with Gasteiger partial charge in [-0.15, -0.1) is 0 Å². The van der Waals surface area contributed by atoms with Gasteiger partial charge in [0.2, 0.25) is 0 Å². The minimum atomic E-state index is 0. The first-order valence-corrected chi connectivity index (χ1v) is 4.88. The van der Waals surface area contributed by atoms with E-state index in [4.69, 9.17) is 5.26 Å². The van der Waals surface area contributed by atoms with Crippen molar-refractivity contribution in [2.45, 2.75) is 6.42 Å². The Balaban J connectivity index is 0.000000963. The summed E-state index contributed by atoms with van der Waals surface area (Å²) in [5.74, 6) is 0.